The van der Waals surface area contributed by atoms with Crippen molar-refractivity contribution in [1.29, 1.82) is 0 Å². The Morgan fingerprint density at radius 2 is 1.95 bits per heavy atom. The van der Waals surface area contributed by atoms with E-state index in [1.54, 1.807) is 6.07 Å². The van der Waals surface area contributed by atoms with Crippen LogP contribution in [0.3, 0.4) is 0 Å². The van der Waals surface area contributed by atoms with E-state index in [2.05, 4.69) is 42.9 Å². The number of carbonyl (C=O) groups excluding carboxylic acids is 1. The molecule has 8 nitrogen and oxygen atoms in total. The Morgan fingerprint density at radius 1 is 1.05 bits per heavy atom. The molecule has 2 N–H and O–H groups in total. The molecular weight excluding hydrogens is 488 g/mol. The van der Waals surface area contributed by atoms with Crippen molar-refractivity contribution in [1.82, 2.24) is 19.4 Å². The number of hydrogen-bond acceptors (Lipinski definition) is 6. The van der Waals surface area contributed by atoms with Gasteiger partial charge in [0.15, 0.2) is 0 Å². The molecule has 9 heteroatoms. The molecule has 1 amide bonds. The molecule has 2 saturated carbocycles. The second-order valence-corrected chi connectivity index (χ2v) is 10.9. The number of carbonyl (C=O) groups is 1. The molecular formula is C28H27ClN6O2. The van der Waals surface area contributed by atoms with Crippen LogP contribution in [0.5, 0.6) is 0 Å². The maximum absolute atomic E-state index is 12.9. The zero-order chi connectivity index (χ0) is 25.1. The Labute approximate surface area is 219 Å². The molecule has 4 aromatic rings. The number of aromatic nitrogens is 4. The van der Waals surface area contributed by atoms with Crippen LogP contribution in [0.15, 0.2) is 61.2 Å². The molecule has 2 unspecified atom stereocenters. The van der Waals surface area contributed by atoms with E-state index in [4.69, 9.17) is 16.6 Å². The van der Waals surface area contributed by atoms with Crippen LogP contribution in [-0.2, 0) is 4.79 Å². The number of hydrogen-bond donors (Lipinski definition) is 2. The Bertz CT molecular complexity index is 1500. The summed E-state index contributed by atoms with van der Waals surface area (Å²) in [5, 5.41) is 14.5. The molecule has 7 rings (SSSR count). The first kappa shape index (κ1) is 22.7. The van der Waals surface area contributed by atoms with Crippen molar-refractivity contribution >= 4 is 34.8 Å². The summed E-state index contributed by atoms with van der Waals surface area (Å²) in [6.45, 7) is 0.636. The minimum Gasteiger partial charge on any atom is -0.390 e. The van der Waals surface area contributed by atoms with Gasteiger partial charge in [-0.3, -0.25) is 4.79 Å². The summed E-state index contributed by atoms with van der Waals surface area (Å²) in [7, 11) is 0. The number of fused-ring (bicyclic) bond motifs is 1. The van der Waals surface area contributed by atoms with Gasteiger partial charge in [-0.1, -0.05) is 29.8 Å². The van der Waals surface area contributed by atoms with Crippen molar-refractivity contribution in [2.75, 3.05) is 16.8 Å². The molecule has 3 fully saturated rings. The summed E-state index contributed by atoms with van der Waals surface area (Å²) in [4.78, 5) is 28.6. The van der Waals surface area contributed by atoms with Crippen molar-refractivity contribution in [2.45, 2.75) is 49.7 Å². The molecule has 0 bridgehead atoms. The quantitative estimate of drug-likeness (QED) is 0.387. The summed E-state index contributed by atoms with van der Waals surface area (Å²) < 4.78 is 2.06. The topological polar surface area (TPSA) is 95.7 Å². The van der Waals surface area contributed by atoms with Crippen LogP contribution in [0.2, 0.25) is 5.02 Å². The third-order valence-electron chi connectivity index (χ3n) is 7.81. The van der Waals surface area contributed by atoms with Crippen LogP contribution in [0.25, 0.3) is 5.65 Å². The van der Waals surface area contributed by atoms with Gasteiger partial charge in [-0.15, -0.1) is 0 Å². The molecule has 4 heterocycles. The van der Waals surface area contributed by atoms with E-state index in [0.29, 0.717) is 35.5 Å². The monoisotopic (exact) mass is 514 g/mol. The Balaban J connectivity index is 1.09. The van der Waals surface area contributed by atoms with Gasteiger partial charge >= 0.3 is 0 Å². The molecule has 188 valence electrons. The number of imidazole rings is 1. The highest BCUT2D eigenvalue weighted by Gasteiger charge is 2.44. The van der Waals surface area contributed by atoms with E-state index in [0.717, 1.165) is 23.3 Å². The number of amides is 1. The summed E-state index contributed by atoms with van der Waals surface area (Å²) >= 11 is 6.12. The van der Waals surface area contributed by atoms with E-state index in [9.17, 15) is 9.90 Å². The summed E-state index contributed by atoms with van der Waals surface area (Å²) in [5.41, 5.74) is 4.10. The minimum absolute atomic E-state index is 0.0561. The van der Waals surface area contributed by atoms with Crippen molar-refractivity contribution in [2.24, 2.45) is 5.92 Å². The van der Waals surface area contributed by atoms with E-state index < -0.39 is 6.10 Å². The molecule has 3 aliphatic rings. The molecule has 0 spiro atoms. The minimum atomic E-state index is -0.564. The Hall–Kier alpha value is -3.49. The van der Waals surface area contributed by atoms with Crippen molar-refractivity contribution in [3.8, 4) is 0 Å². The van der Waals surface area contributed by atoms with Gasteiger partial charge in [-0.25, -0.2) is 15.0 Å². The summed E-state index contributed by atoms with van der Waals surface area (Å²) in [6.07, 6.45) is 8.96. The van der Waals surface area contributed by atoms with Crippen molar-refractivity contribution in [3.63, 3.8) is 0 Å². The van der Waals surface area contributed by atoms with Crippen molar-refractivity contribution < 1.29 is 9.90 Å². The van der Waals surface area contributed by atoms with E-state index >= 15 is 0 Å². The number of halogens is 1. The molecule has 1 aliphatic heterocycles. The Kier molecular flexibility index (Phi) is 5.41. The standard InChI is InChI=1S/C28H27ClN6O2/c29-19-3-1-2-17(10-19)20-11-21(20)28(37)33-24-12-26(31-15-30-24)35-9-8-23(36)27(35)22-14-34-13-18(16-4-5-16)6-7-25(34)32-22/h1-3,6-7,10,12-16,20-21,23,27,36H,4-5,8-9,11H2,(H,30,31,33,37)/t20?,21?,23-,27+/m0/s1. The smallest absolute Gasteiger partial charge is 0.229 e. The maximum atomic E-state index is 12.9. The fraction of sp³-hybridized carbons (Fsp3) is 0.357. The van der Waals surface area contributed by atoms with Gasteiger partial charge in [0.25, 0.3) is 0 Å². The number of anilines is 2. The van der Waals surface area contributed by atoms with E-state index in [-0.39, 0.29) is 23.8 Å². The van der Waals surface area contributed by atoms with Crippen LogP contribution >= 0.6 is 11.6 Å². The van der Waals surface area contributed by atoms with Crippen molar-refractivity contribution in [3.05, 3.63) is 83.0 Å². The number of nitrogens with one attached hydrogen (secondary N) is 1. The molecule has 1 aromatic carbocycles. The highest BCUT2D eigenvalue weighted by molar-refractivity contribution is 6.30. The first-order chi connectivity index (χ1) is 18.0. The molecule has 37 heavy (non-hydrogen) atoms. The maximum Gasteiger partial charge on any atom is 0.229 e. The van der Waals surface area contributed by atoms with Gasteiger partial charge < -0.3 is 19.7 Å². The van der Waals surface area contributed by atoms with E-state index in [1.165, 1.54) is 24.7 Å². The number of aliphatic hydroxyl groups excluding tert-OH is 1. The number of aliphatic hydroxyl groups is 1. The number of pyridine rings is 1. The lowest BCUT2D eigenvalue weighted by molar-refractivity contribution is -0.117. The largest absolute Gasteiger partial charge is 0.390 e. The fourth-order valence-corrected chi connectivity index (χ4v) is 5.80. The van der Waals surface area contributed by atoms with Crippen LogP contribution in [0, 0.1) is 5.92 Å². The van der Waals surface area contributed by atoms with E-state index in [1.807, 2.05) is 30.5 Å². The lowest BCUT2D eigenvalue weighted by Crippen LogP contribution is -2.28. The first-order valence-corrected chi connectivity index (χ1v) is 13.2. The predicted molar refractivity (Wildman–Crippen MR) is 141 cm³/mol. The third kappa shape index (κ3) is 4.34. The van der Waals surface area contributed by atoms with Crippen LogP contribution in [0.1, 0.15) is 60.4 Å². The lowest BCUT2D eigenvalue weighted by atomic mass is 10.1. The predicted octanol–water partition coefficient (Wildman–Crippen LogP) is 4.71. The third-order valence-corrected chi connectivity index (χ3v) is 8.05. The van der Waals surface area contributed by atoms with Gasteiger partial charge in [0.2, 0.25) is 5.91 Å². The highest BCUT2D eigenvalue weighted by atomic mass is 35.5. The molecule has 4 atom stereocenters. The zero-order valence-corrected chi connectivity index (χ0v) is 20.9. The second-order valence-electron chi connectivity index (χ2n) is 10.4. The van der Waals surface area contributed by atoms with Gasteiger partial charge in [-0.2, -0.15) is 0 Å². The molecule has 1 saturated heterocycles. The van der Waals surface area contributed by atoms with Gasteiger partial charge in [0.1, 0.15) is 29.7 Å². The average Bonchev–Trinajstić information content (AvgIpc) is 3.81. The van der Waals surface area contributed by atoms with Gasteiger partial charge in [-0.05, 0) is 66.8 Å². The first-order valence-electron chi connectivity index (χ1n) is 12.8. The van der Waals surface area contributed by atoms with Crippen LogP contribution < -0.4 is 10.2 Å². The summed E-state index contributed by atoms with van der Waals surface area (Å²) in [6, 6.07) is 13.4. The van der Waals surface area contributed by atoms with Crippen LogP contribution in [-0.4, -0.2) is 43.0 Å². The summed E-state index contributed by atoms with van der Waals surface area (Å²) in [5.74, 6) is 1.79. The molecule has 3 aromatic heterocycles. The average molecular weight is 515 g/mol. The number of rotatable bonds is 6. The lowest BCUT2D eigenvalue weighted by Gasteiger charge is -2.26. The second kappa shape index (κ2) is 8.82. The SMILES string of the molecule is O=C(Nc1cc(N2CC[C@H](O)[C@H]2c2cn3cc(C4CC4)ccc3n2)ncn1)C1CC1c1cccc(Cl)c1. The van der Waals surface area contributed by atoms with Gasteiger partial charge in [0, 0.05) is 35.9 Å². The Morgan fingerprint density at radius 3 is 2.78 bits per heavy atom. The normalized spacial score (nSPS) is 25.0. The zero-order valence-electron chi connectivity index (χ0n) is 20.2. The highest BCUT2D eigenvalue weighted by Crippen LogP contribution is 2.48. The van der Waals surface area contributed by atoms with Crippen LogP contribution in [0.4, 0.5) is 11.6 Å². The molecule has 0 radical (unpaired) electrons. The fourth-order valence-electron chi connectivity index (χ4n) is 5.60. The number of benzene rings is 1. The molecule has 2 aliphatic carbocycles. The number of nitrogens with zero attached hydrogens (tertiary/aromatic N) is 5. The van der Waals surface area contributed by atoms with Gasteiger partial charge in [0.05, 0.1) is 11.8 Å².